The van der Waals surface area contributed by atoms with E-state index in [-0.39, 0.29) is 11.9 Å². The molecule has 0 aromatic carbocycles. The molecule has 0 aliphatic carbocycles. The van der Waals surface area contributed by atoms with Crippen molar-refractivity contribution in [1.29, 1.82) is 0 Å². The fourth-order valence-corrected chi connectivity index (χ4v) is 1.20. The Kier molecular flexibility index (Phi) is 7.54. The number of imide groups is 1. The minimum atomic E-state index is -0.471. The van der Waals surface area contributed by atoms with E-state index in [0.29, 0.717) is 5.92 Å². The van der Waals surface area contributed by atoms with E-state index in [2.05, 4.69) is 29.8 Å². The van der Waals surface area contributed by atoms with Crippen molar-refractivity contribution in [1.82, 2.24) is 16.0 Å². The SMILES string of the molecule is CNC(=O)NC(=O)C(C)NCCCC(C)C. The van der Waals surface area contributed by atoms with Crippen molar-refractivity contribution in [3.05, 3.63) is 0 Å². The number of carbonyl (C=O) groups excluding carboxylic acids is 2. The van der Waals surface area contributed by atoms with Crippen LogP contribution in [0.4, 0.5) is 4.79 Å². The maximum atomic E-state index is 11.4. The molecule has 1 unspecified atom stereocenters. The van der Waals surface area contributed by atoms with E-state index in [1.165, 1.54) is 7.05 Å². The summed E-state index contributed by atoms with van der Waals surface area (Å²) in [5.41, 5.74) is 0. The predicted molar refractivity (Wildman–Crippen MR) is 64.1 cm³/mol. The number of rotatable bonds is 6. The van der Waals surface area contributed by atoms with Crippen molar-refractivity contribution in [2.45, 2.75) is 39.7 Å². The third kappa shape index (κ3) is 7.23. The topological polar surface area (TPSA) is 70.2 Å². The van der Waals surface area contributed by atoms with Gasteiger partial charge in [-0.05, 0) is 32.2 Å². The molecule has 3 amide bonds. The number of amides is 3. The van der Waals surface area contributed by atoms with Gasteiger partial charge in [0.1, 0.15) is 0 Å². The van der Waals surface area contributed by atoms with Gasteiger partial charge in [-0.25, -0.2) is 4.79 Å². The van der Waals surface area contributed by atoms with Crippen molar-refractivity contribution >= 4 is 11.9 Å². The Bertz CT molecular complexity index is 229. The lowest BCUT2D eigenvalue weighted by molar-refractivity contribution is -0.121. The number of urea groups is 1. The quantitative estimate of drug-likeness (QED) is 0.592. The first kappa shape index (κ1) is 14.9. The molecule has 0 aromatic heterocycles. The lowest BCUT2D eigenvalue weighted by atomic mass is 10.1. The van der Waals surface area contributed by atoms with E-state index in [1.807, 2.05) is 0 Å². The second kappa shape index (κ2) is 8.10. The van der Waals surface area contributed by atoms with Gasteiger partial charge in [0.2, 0.25) is 5.91 Å². The zero-order chi connectivity index (χ0) is 12.6. The number of hydrogen-bond acceptors (Lipinski definition) is 3. The second-order valence-corrected chi connectivity index (χ2v) is 4.28. The molecule has 0 spiro atoms. The number of hydrogen-bond donors (Lipinski definition) is 3. The van der Waals surface area contributed by atoms with Crippen LogP contribution in [0.1, 0.15) is 33.6 Å². The van der Waals surface area contributed by atoms with Gasteiger partial charge in [-0.1, -0.05) is 13.8 Å². The molecule has 16 heavy (non-hydrogen) atoms. The first-order valence-corrected chi connectivity index (χ1v) is 5.73. The smallest absolute Gasteiger partial charge is 0.321 e. The Morgan fingerprint density at radius 3 is 2.31 bits per heavy atom. The van der Waals surface area contributed by atoms with E-state index in [4.69, 9.17) is 0 Å². The summed E-state index contributed by atoms with van der Waals surface area (Å²) < 4.78 is 0. The zero-order valence-corrected chi connectivity index (χ0v) is 10.6. The number of nitrogens with one attached hydrogen (secondary N) is 3. The van der Waals surface area contributed by atoms with Gasteiger partial charge in [0, 0.05) is 7.05 Å². The maximum absolute atomic E-state index is 11.4. The van der Waals surface area contributed by atoms with Crippen molar-refractivity contribution in [2.75, 3.05) is 13.6 Å². The highest BCUT2D eigenvalue weighted by atomic mass is 16.2. The summed E-state index contributed by atoms with van der Waals surface area (Å²) in [7, 11) is 1.48. The molecule has 0 aliphatic rings. The zero-order valence-electron chi connectivity index (χ0n) is 10.6. The van der Waals surface area contributed by atoms with E-state index < -0.39 is 6.03 Å². The first-order chi connectivity index (χ1) is 7.47. The fourth-order valence-electron chi connectivity index (χ4n) is 1.20. The van der Waals surface area contributed by atoms with Crippen LogP contribution in [0.15, 0.2) is 0 Å². The largest absolute Gasteiger partial charge is 0.341 e. The van der Waals surface area contributed by atoms with Crippen LogP contribution in [0, 0.1) is 5.92 Å². The van der Waals surface area contributed by atoms with Crippen LogP contribution in [0.3, 0.4) is 0 Å². The highest BCUT2D eigenvalue weighted by Crippen LogP contribution is 2.01. The molecule has 5 heteroatoms. The standard InChI is InChI=1S/C11H23N3O2/c1-8(2)6-5-7-13-9(3)10(15)14-11(16)12-4/h8-9,13H,5-7H2,1-4H3,(H2,12,14,15,16). The Hall–Kier alpha value is -1.10. The summed E-state index contributed by atoms with van der Waals surface area (Å²) in [6.07, 6.45) is 2.17. The Labute approximate surface area is 97.4 Å². The predicted octanol–water partition coefficient (Wildman–Crippen LogP) is 0.856. The third-order valence-corrected chi connectivity index (χ3v) is 2.27. The summed E-state index contributed by atoms with van der Waals surface area (Å²) in [5.74, 6) is 0.376. The van der Waals surface area contributed by atoms with E-state index in [0.717, 1.165) is 19.4 Å². The lowest BCUT2D eigenvalue weighted by Crippen LogP contribution is -2.47. The first-order valence-electron chi connectivity index (χ1n) is 5.73. The van der Waals surface area contributed by atoms with Gasteiger partial charge in [0.05, 0.1) is 6.04 Å². The molecule has 0 saturated heterocycles. The van der Waals surface area contributed by atoms with Crippen molar-refractivity contribution in [3.8, 4) is 0 Å². The van der Waals surface area contributed by atoms with E-state index in [1.54, 1.807) is 6.92 Å². The van der Waals surface area contributed by atoms with Gasteiger partial charge in [0.15, 0.2) is 0 Å². The average molecular weight is 229 g/mol. The molecule has 94 valence electrons. The molecule has 0 bridgehead atoms. The second-order valence-electron chi connectivity index (χ2n) is 4.28. The molecule has 0 heterocycles. The van der Waals surface area contributed by atoms with Crippen LogP contribution in [0.2, 0.25) is 0 Å². The minimum absolute atomic E-state index is 0.302. The molecule has 0 aromatic rings. The van der Waals surface area contributed by atoms with Gasteiger partial charge >= 0.3 is 6.03 Å². The minimum Gasteiger partial charge on any atom is -0.341 e. The molecular weight excluding hydrogens is 206 g/mol. The third-order valence-electron chi connectivity index (χ3n) is 2.27. The van der Waals surface area contributed by atoms with Crippen LogP contribution >= 0.6 is 0 Å². The van der Waals surface area contributed by atoms with Gasteiger partial charge in [-0.2, -0.15) is 0 Å². The summed E-state index contributed by atoms with van der Waals surface area (Å²) in [5, 5.41) is 7.64. The van der Waals surface area contributed by atoms with E-state index in [9.17, 15) is 9.59 Å². The van der Waals surface area contributed by atoms with Crippen LogP contribution in [-0.2, 0) is 4.79 Å². The van der Waals surface area contributed by atoms with Crippen LogP contribution in [0.25, 0.3) is 0 Å². The molecule has 1 atom stereocenters. The number of carbonyl (C=O) groups is 2. The van der Waals surface area contributed by atoms with Gasteiger partial charge < -0.3 is 10.6 Å². The monoisotopic (exact) mass is 229 g/mol. The molecule has 0 saturated carbocycles. The van der Waals surface area contributed by atoms with Crippen LogP contribution < -0.4 is 16.0 Å². The molecular formula is C11H23N3O2. The van der Waals surface area contributed by atoms with Gasteiger partial charge in [0.25, 0.3) is 0 Å². The van der Waals surface area contributed by atoms with Crippen molar-refractivity contribution in [3.63, 3.8) is 0 Å². The lowest BCUT2D eigenvalue weighted by Gasteiger charge is -2.13. The highest BCUT2D eigenvalue weighted by molar-refractivity contribution is 5.96. The van der Waals surface area contributed by atoms with Gasteiger partial charge in [-0.15, -0.1) is 0 Å². The summed E-state index contributed by atoms with van der Waals surface area (Å²) in [4.78, 5) is 22.3. The van der Waals surface area contributed by atoms with Crippen molar-refractivity contribution in [2.24, 2.45) is 5.92 Å². The summed E-state index contributed by atoms with van der Waals surface area (Å²) in [6, 6.07) is -0.815. The Morgan fingerprint density at radius 2 is 1.81 bits per heavy atom. The highest BCUT2D eigenvalue weighted by Gasteiger charge is 2.13. The summed E-state index contributed by atoms with van der Waals surface area (Å²) in [6.45, 7) is 6.87. The van der Waals surface area contributed by atoms with Crippen LogP contribution in [-0.4, -0.2) is 31.6 Å². The molecule has 0 fully saturated rings. The molecule has 5 nitrogen and oxygen atoms in total. The molecule has 0 aliphatic heterocycles. The summed E-state index contributed by atoms with van der Waals surface area (Å²) >= 11 is 0. The fraction of sp³-hybridized carbons (Fsp3) is 0.818. The molecule has 0 rings (SSSR count). The van der Waals surface area contributed by atoms with Gasteiger partial charge in [-0.3, -0.25) is 10.1 Å². The Balaban J connectivity index is 3.67. The average Bonchev–Trinajstić information content (AvgIpc) is 2.23. The molecule has 0 radical (unpaired) electrons. The normalized spacial score (nSPS) is 12.3. The van der Waals surface area contributed by atoms with Crippen molar-refractivity contribution < 1.29 is 9.59 Å². The maximum Gasteiger partial charge on any atom is 0.321 e. The van der Waals surface area contributed by atoms with E-state index >= 15 is 0 Å². The Morgan fingerprint density at radius 1 is 1.19 bits per heavy atom. The molecule has 3 N–H and O–H groups in total. The van der Waals surface area contributed by atoms with Crippen LogP contribution in [0.5, 0.6) is 0 Å².